The van der Waals surface area contributed by atoms with E-state index in [1.54, 1.807) is 27.4 Å². The van der Waals surface area contributed by atoms with Gasteiger partial charge in [-0.1, -0.05) is 23.7 Å². The van der Waals surface area contributed by atoms with Gasteiger partial charge < -0.3 is 19.5 Å². The minimum Gasteiger partial charge on any atom is -0.493 e. The largest absolute Gasteiger partial charge is 0.493 e. The highest BCUT2D eigenvalue weighted by atomic mass is 35.5. The molecule has 0 fully saturated rings. The molecule has 0 spiro atoms. The maximum Gasteiger partial charge on any atom is 0.225 e. The van der Waals surface area contributed by atoms with Crippen molar-refractivity contribution < 1.29 is 23.8 Å². The van der Waals surface area contributed by atoms with Crippen LogP contribution in [0.15, 0.2) is 47.7 Å². The van der Waals surface area contributed by atoms with Gasteiger partial charge in [0.05, 0.1) is 21.3 Å². The molecule has 1 aliphatic heterocycles. The van der Waals surface area contributed by atoms with Gasteiger partial charge in [0, 0.05) is 35.1 Å². The van der Waals surface area contributed by atoms with Crippen molar-refractivity contribution in [3.63, 3.8) is 0 Å². The summed E-state index contributed by atoms with van der Waals surface area (Å²) in [5, 5.41) is 3.53. The molecule has 2 unspecified atom stereocenters. The number of rotatable bonds is 5. The average Bonchev–Trinajstić information content (AvgIpc) is 2.77. The molecule has 1 aliphatic carbocycles. The molecule has 2 aromatic carbocycles. The van der Waals surface area contributed by atoms with Crippen LogP contribution in [0.2, 0.25) is 5.02 Å². The summed E-state index contributed by atoms with van der Waals surface area (Å²) in [4.78, 5) is 25.8. The molecule has 1 amide bonds. The zero-order valence-corrected chi connectivity index (χ0v) is 18.4. The first-order valence-corrected chi connectivity index (χ1v) is 10.4. The van der Waals surface area contributed by atoms with E-state index in [4.69, 9.17) is 25.8 Å². The Bertz CT molecular complexity index is 1050. The van der Waals surface area contributed by atoms with E-state index in [1.165, 1.54) is 0 Å². The highest BCUT2D eigenvalue weighted by molar-refractivity contribution is 6.30. The fourth-order valence-corrected chi connectivity index (χ4v) is 4.74. The maximum absolute atomic E-state index is 13.3. The number of methoxy groups -OCH3 is 3. The summed E-state index contributed by atoms with van der Waals surface area (Å²) in [6.45, 7) is 0. The van der Waals surface area contributed by atoms with Crippen LogP contribution in [0.4, 0.5) is 0 Å². The number of ketones is 1. The summed E-state index contributed by atoms with van der Waals surface area (Å²) >= 11 is 6.16. The van der Waals surface area contributed by atoms with Gasteiger partial charge in [-0.2, -0.15) is 0 Å². The molecule has 0 aromatic heterocycles. The van der Waals surface area contributed by atoms with Crippen LogP contribution < -0.4 is 19.5 Å². The van der Waals surface area contributed by atoms with Gasteiger partial charge in [-0.15, -0.1) is 0 Å². The Balaban J connectivity index is 1.73. The molecule has 2 atom stereocenters. The number of halogens is 1. The Hall–Kier alpha value is -2.99. The maximum atomic E-state index is 13.3. The summed E-state index contributed by atoms with van der Waals surface area (Å²) in [5.74, 6) is 1.12. The van der Waals surface area contributed by atoms with Crippen molar-refractivity contribution in [2.75, 3.05) is 21.3 Å². The van der Waals surface area contributed by atoms with Gasteiger partial charge in [0.2, 0.25) is 11.7 Å². The molecule has 7 heteroatoms. The lowest BCUT2D eigenvalue weighted by Crippen LogP contribution is -2.38. The zero-order chi connectivity index (χ0) is 22.1. The number of carbonyl (C=O) groups excluding carboxylic acids is 2. The zero-order valence-electron chi connectivity index (χ0n) is 17.7. The Morgan fingerprint density at radius 1 is 0.903 bits per heavy atom. The lowest BCUT2D eigenvalue weighted by molar-refractivity contribution is -0.122. The van der Waals surface area contributed by atoms with E-state index < -0.39 is 0 Å². The molecule has 0 bridgehead atoms. The minimum absolute atomic E-state index is 0.0324. The van der Waals surface area contributed by atoms with Crippen LogP contribution in [0.5, 0.6) is 17.2 Å². The van der Waals surface area contributed by atoms with Crippen LogP contribution in [0.25, 0.3) is 0 Å². The van der Waals surface area contributed by atoms with Crippen molar-refractivity contribution in [1.29, 1.82) is 0 Å². The fourth-order valence-electron chi connectivity index (χ4n) is 4.54. The SMILES string of the molecule is COc1cc(C2CC(=O)C3=C(C2)NC(=O)CC3c2cccc(Cl)c2)cc(OC)c1OC. The number of amides is 1. The number of ether oxygens (including phenoxy) is 3. The minimum atomic E-state index is -0.282. The van der Waals surface area contributed by atoms with Crippen LogP contribution in [-0.2, 0) is 9.59 Å². The van der Waals surface area contributed by atoms with Gasteiger partial charge in [0.15, 0.2) is 17.3 Å². The molecule has 2 aromatic rings. The number of Topliss-reactive ketones (excluding diaryl/α,β-unsaturated/α-hetero) is 1. The topological polar surface area (TPSA) is 73.9 Å². The van der Waals surface area contributed by atoms with E-state index in [0.29, 0.717) is 46.4 Å². The van der Waals surface area contributed by atoms with E-state index in [2.05, 4.69) is 5.32 Å². The van der Waals surface area contributed by atoms with Crippen molar-refractivity contribution in [2.45, 2.75) is 31.1 Å². The van der Waals surface area contributed by atoms with Crippen molar-refractivity contribution in [3.8, 4) is 17.2 Å². The first-order chi connectivity index (χ1) is 14.9. The molecule has 6 nitrogen and oxygen atoms in total. The third-order valence-electron chi connectivity index (χ3n) is 5.95. The predicted octanol–water partition coefficient (Wildman–Crippen LogP) is 4.37. The Labute approximate surface area is 186 Å². The third kappa shape index (κ3) is 4.00. The molecule has 1 heterocycles. The number of nitrogens with one attached hydrogen (secondary N) is 1. The van der Waals surface area contributed by atoms with Crippen molar-refractivity contribution in [2.24, 2.45) is 0 Å². The smallest absolute Gasteiger partial charge is 0.225 e. The molecule has 4 rings (SSSR count). The van der Waals surface area contributed by atoms with Crippen molar-refractivity contribution >= 4 is 23.3 Å². The number of carbonyl (C=O) groups is 2. The van der Waals surface area contributed by atoms with E-state index in [1.807, 2.05) is 30.3 Å². The Morgan fingerprint density at radius 2 is 1.61 bits per heavy atom. The van der Waals surface area contributed by atoms with Crippen LogP contribution in [0, 0.1) is 0 Å². The van der Waals surface area contributed by atoms with Crippen LogP contribution in [0.1, 0.15) is 42.2 Å². The Morgan fingerprint density at radius 3 is 2.23 bits per heavy atom. The fraction of sp³-hybridized carbons (Fsp3) is 0.333. The predicted molar refractivity (Wildman–Crippen MR) is 117 cm³/mol. The number of benzene rings is 2. The molecule has 0 saturated carbocycles. The van der Waals surface area contributed by atoms with Gasteiger partial charge in [-0.25, -0.2) is 0 Å². The van der Waals surface area contributed by atoms with E-state index in [9.17, 15) is 9.59 Å². The second kappa shape index (κ2) is 8.63. The van der Waals surface area contributed by atoms with Gasteiger partial charge in [0.1, 0.15) is 0 Å². The number of hydrogen-bond acceptors (Lipinski definition) is 5. The molecular weight excluding hydrogens is 418 g/mol. The van der Waals surface area contributed by atoms with Gasteiger partial charge in [-0.05, 0) is 47.7 Å². The van der Waals surface area contributed by atoms with E-state index in [0.717, 1.165) is 11.1 Å². The summed E-state index contributed by atoms with van der Waals surface area (Å²) < 4.78 is 16.3. The summed E-state index contributed by atoms with van der Waals surface area (Å²) in [5.41, 5.74) is 3.16. The lowest BCUT2D eigenvalue weighted by Gasteiger charge is -2.34. The van der Waals surface area contributed by atoms with Crippen LogP contribution in [-0.4, -0.2) is 33.0 Å². The van der Waals surface area contributed by atoms with Gasteiger partial charge in [0.25, 0.3) is 0 Å². The van der Waals surface area contributed by atoms with Gasteiger partial charge in [-0.3, -0.25) is 9.59 Å². The monoisotopic (exact) mass is 441 g/mol. The molecule has 162 valence electrons. The van der Waals surface area contributed by atoms with Crippen molar-refractivity contribution in [1.82, 2.24) is 5.32 Å². The molecule has 0 radical (unpaired) electrons. The quantitative estimate of drug-likeness (QED) is 0.745. The lowest BCUT2D eigenvalue weighted by atomic mass is 9.73. The average molecular weight is 442 g/mol. The highest BCUT2D eigenvalue weighted by Gasteiger charge is 2.38. The highest BCUT2D eigenvalue weighted by Crippen LogP contribution is 2.46. The first-order valence-electron chi connectivity index (χ1n) is 10.1. The van der Waals surface area contributed by atoms with Crippen LogP contribution >= 0.6 is 11.6 Å². The second-order valence-corrected chi connectivity index (χ2v) is 8.18. The molecule has 0 saturated heterocycles. The van der Waals surface area contributed by atoms with Crippen LogP contribution in [0.3, 0.4) is 0 Å². The van der Waals surface area contributed by atoms with E-state index >= 15 is 0 Å². The first kappa shape index (κ1) is 21.2. The standard InChI is InChI=1S/C24H24ClNO5/c1-29-20-10-15(11-21(30-2)24(20)31-3)14-8-18-23(19(27)9-14)17(12-22(28)26-18)13-5-4-6-16(25)7-13/h4-7,10-11,14,17H,8-9,12H2,1-3H3,(H,26,28). The Kier molecular flexibility index (Phi) is 5.92. The van der Waals surface area contributed by atoms with E-state index in [-0.39, 0.29) is 29.9 Å². The van der Waals surface area contributed by atoms with Gasteiger partial charge >= 0.3 is 0 Å². The summed E-state index contributed by atoms with van der Waals surface area (Å²) in [7, 11) is 4.67. The van der Waals surface area contributed by atoms with Crippen molar-refractivity contribution in [3.05, 3.63) is 63.8 Å². The normalized spacial score (nSPS) is 20.8. The summed E-state index contributed by atoms with van der Waals surface area (Å²) in [6, 6.07) is 11.1. The second-order valence-electron chi connectivity index (χ2n) is 7.74. The molecular formula is C24H24ClNO5. The number of allylic oxidation sites excluding steroid dienone is 2. The number of hydrogen-bond donors (Lipinski definition) is 1. The molecule has 2 aliphatic rings. The molecule has 31 heavy (non-hydrogen) atoms. The third-order valence-corrected chi connectivity index (χ3v) is 6.18. The summed E-state index contributed by atoms with van der Waals surface area (Å²) in [6.07, 6.45) is 1.12. The molecule has 1 N–H and O–H groups in total.